The highest BCUT2D eigenvalue weighted by Crippen LogP contribution is 2.43. The molecule has 1 aliphatic heterocycles. The molecule has 1 N–H and O–H groups in total. The fourth-order valence-corrected chi connectivity index (χ4v) is 3.31. The number of benzene rings is 1. The SMILES string of the molecule is OC(CC1C=NN=N1)(CC(Cl)(Cl)Cl)c1cc(Cl)cc(Cl)c1. The molecule has 21 heavy (non-hydrogen) atoms. The maximum atomic E-state index is 11.0. The van der Waals surface area contributed by atoms with E-state index in [9.17, 15) is 5.11 Å². The molecule has 2 atom stereocenters. The molecule has 9 heteroatoms. The van der Waals surface area contributed by atoms with Crippen LogP contribution in [0.5, 0.6) is 0 Å². The molecule has 1 aliphatic rings. The van der Waals surface area contributed by atoms with Crippen molar-refractivity contribution in [2.45, 2.75) is 28.3 Å². The molecule has 114 valence electrons. The molecule has 0 amide bonds. The van der Waals surface area contributed by atoms with Gasteiger partial charge in [-0.1, -0.05) is 58.0 Å². The summed E-state index contributed by atoms with van der Waals surface area (Å²) in [6.45, 7) is 0. The van der Waals surface area contributed by atoms with Gasteiger partial charge in [0.2, 0.25) is 0 Å². The molecule has 2 unspecified atom stereocenters. The summed E-state index contributed by atoms with van der Waals surface area (Å²) in [5.41, 5.74) is -1.04. The molecule has 0 saturated carbocycles. The van der Waals surface area contributed by atoms with Crippen molar-refractivity contribution >= 4 is 64.2 Å². The molecule has 0 saturated heterocycles. The van der Waals surface area contributed by atoms with E-state index in [-0.39, 0.29) is 12.8 Å². The van der Waals surface area contributed by atoms with Crippen LogP contribution in [-0.4, -0.2) is 21.2 Å². The van der Waals surface area contributed by atoms with Crippen molar-refractivity contribution in [2.75, 3.05) is 0 Å². The summed E-state index contributed by atoms with van der Waals surface area (Å²) in [5, 5.41) is 22.8. The zero-order valence-corrected chi connectivity index (χ0v) is 14.3. The van der Waals surface area contributed by atoms with Gasteiger partial charge >= 0.3 is 0 Å². The highest BCUT2D eigenvalue weighted by Gasteiger charge is 2.40. The van der Waals surface area contributed by atoms with Crippen LogP contribution < -0.4 is 0 Å². The van der Waals surface area contributed by atoms with Gasteiger partial charge in [-0.25, -0.2) is 0 Å². The maximum Gasteiger partial charge on any atom is 0.193 e. The second kappa shape index (κ2) is 6.57. The summed E-state index contributed by atoms with van der Waals surface area (Å²) in [5.74, 6) is 0. The zero-order chi connectivity index (χ0) is 15.7. The van der Waals surface area contributed by atoms with Crippen LogP contribution in [0, 0.1) is 0 Å². The fraction of sp³-hybridized carbons (Fsp3) is 0.417. The average Bonchev–Trinajstić information content (AvgIpc) is 2.77. The monoisotopic (exact) mass is 387 g/mol. The van der Waals surface area contributed by atoms with Gasteiger partial charge < -0.3 is 5.11 Å². The predicted octanol–water partition coefficient (Wildman–Crippen LogP) is 5.15. The molecule has 0 fully saturated rings. The lowest BCUT2D eigenvalue weighted by molar-refractivity contribution is 0.0185. The third-order valence-electron chi connectivity index (χ3n) is 2.93. The van der Waals surface area contributed by atoms with E-state index >= 15 is 0 Å². The van der Waals surface area contributed by atoms with E-state index in [0.717, 1.165) is 0 Å². The Balaban J connectivity index is 2.38. The van der Waals surface area contributed by atoms with Crippen LogP contribution >= 0.6 is 58.0 Å². The lowest BCUT2D eigenvalue weighted by Gasteiger charge is -2.32. The molecule has 0 spiro atoms. The van der Waals surface area contributed by atoms with E-state index in [1.165, 1.54) is 6.21 Å². The summed E-state index contributed by atoms with van der Waals surface area (Å²) in [6, 6.07) is 4.30. The van der Waals surface area contributed by atoms with Crippen LogP contribution in [0.15, 0.2) is 33.6 Å². The number of hydrogen-bond acceptors (Lipinski definition) is 4. The smallest absolute Gasteiger partial charge is 0.193 e. The highest BCUT2D eigenvalue weighted by atomic mass is 35.6. The van der Waals surface area contributed by atoms with E-state index in [1.807, 2.05) is 0 Å². The highest BCUT2D eigenvalue weighted by molar-refractivity contribution is 6.67. The minimum Gasteiger partial charge on any atom is -0.385 e. The van der Waals surface area contributed by atoms with Crippen molar-refractivity contribution in [3.8, 4) is 0 Å². The van der Waals surface area contributed by atoms with Crippen LogP contribution in [0.3, 0.4) is 0 Å². The Kier molecular flexibility index (Phi) is 5.40. The van der Waals surface area contributed by atoms with Crippen molar-refractivity contribution in [2.24, 2.45) is 15.4 Å². The van der Waals surface area contributed by atoms with E-state index in [0.29, 0.717) is 15.6 Å². The first-order chi connectivity index (χ1) is 9.68. The maximum absolute atomic E-state index is 11.0. The van der Waals surface area contributed by atoms with Gasteiger partial charge in [0.05, 0.1) is 11.8 Å². The Hall–Kier alpha value is -0.100. The Morgan fingerprint density at radius 1 is 1.10 bits per heavy atom. The summed E-state index contributed by atoms with van der Waals surface area (Å²) in [6.07, 6.45) is 1.50. The first-order valence-electron chi connectivity index (χ1n) is 5.87. The largest absolute Gasteiger partial charge is 0.385 e. The van der Waals surface area contributed by atoms with Crippen LogP contribution in [0.1, 0.15) is 18.4 Å². The Labute approximate surface area is 146 Å². The van der Waals surface area contributed by atoms with E-state index in [1.54, 1.807) is 18.2 Å². The van der Waals surface area contributed by atoms with E-state index in [2.05, 4.69) is 15.4 Å². The minimum atomic E-state index is -1.66. The van der Waals surface area contributed by atoms with Gasteiger partial charge in [0.1, 0.15) is 6.04 Å². The number of hydrogen-bond donors (Lipinski definition) is 1. The number of rotatable bonds is 4. The van der Waals surface area contributed by atoms with Crippen LogP contribution in [0.2, 0.25) is 10.0 Å². The Morgan fingerprint density at radius 3 is 2.19 bits per heavy atom. The van der Waals surface area contributed by atoms with Crippen LogP contribution in [0.4, 0.5) is 0 Å². The lowest BCUT2D eigenvalue weighted by atomic mass is 9.85. The zero-order valence-electron chi connectivity index (χ0n) is 10.5. The van der Waals surface area contributed by atoms with Gasteiger partial charge in [-0.15, -0.1) is 5.10 Å². The molecule has 0 bridgehead atoms. The molecule has 0 aliphatic carbocycles. The fourth-order valence-electron chi connectivity index (χ4n) is 2.12. The van der Waals surface area contributed by atoms with Crippen molar-refractivity contribution in [3.05, 3.63) is 33.8 Å². The molecule has 1 heterocycles. The second-order valence-electron chi connectivity index (χ2n) is 4.72. The summed E-state index contributed by atoms with van der Waals surface area (Å²) in [7, 11) is 0. The molecule has 0 radical (unpaired) electrons. The Morgan fingerprint density at radius 2 is 1.71 bits per heavy atom. The van der Waals surface area contributed by atoms with Gasteiger partial charge in [-0.3, -0.25) is 0 Å². The van der Waals surface area contributed by atoms with Gasteiger partial charge in [0.15, 0.2) is 3.79 Å². The van der Waals surface area contributed by atoms with Crippen molar-refractivity contribution < 1.29 is 5.11 Å². The third-order valence-corrected chi connectivity index (χ3v) is 3.77. The van der Waals surface area contributed by atoms with E-state index in [4.69, 9.17) is 58.0 Å². The number of halogens is 5. The summed E-state index contributed by atoms with van der Waals surface area (Å²) < 4.78 is -1.66. The molecular weight excluding hydrogens is 379 g/mol. The van der Waals surface area contributed by atoms with Crippen LogP contribution in [-0.2, 0) is 5.60 Å². The number of nitrogens with zero attached hydrogens (tertiary/aromatic N) is 3. The summed E-state index contributed by atoms with van der Waals surface area (Å²) in [4.78, 5) is 0. The van der Waals surface area contributed by atoms with Gasteiger partial charge in [0.25, 0.3) is 0 Å². The number of aliphatic hydroxyl groups is 1. The second-order valence-corrected chi connectivity index (χ2v) is 8.11. The lowest BCUT2D eigenvalue weighted by Crippen LogP contribution is -2.34. The molecule has 0 aromatic heterocycles. The summed E-state index contributed by atoms with van der Waals surface area (Å²) >= 11 is 29.5. The normalized spacial score (nSPS) is 20.8. The molecule has 2 rings (SSSR count). The quantitative estimate of drug-likeness (QED) is 0.711. The van der Waals surface area contributed by atoms with E-state index < -0.39 is 15.4 Å². The van der Waals surface area contributed by atoms with Crippen molar-refractivity contribution in [1.29, 1.82) is 0 Å². The van der Waals surface area contributed by atoms with Gasteiger partial charge in [-0.2, -0.15) is 5.11 Å². The third kappa shape index (κ3) is 4.95. The van der Waals surface area contributed by atoms with Gasteiger partial charge in [0, 0.05) is 22.9 Å². The molecule has 4 nitrogen and oxygen atoms in total. The number of alkyl halides is 3. The minimum absolute atomic E-state index is 0.143. The van der Waals surface area contributed by atoms with Gasteiger partial charge in [-0.05, 0) is 29.0 Å². The standard InChI is InChI=1S/C12H10Cl5N3O/c13-8-1-7(2-9(14)3-8)11(21,6-12(15,16)17)4-10-5-18-20-19-10/h1-3,5,10,21H,4,6H2. The first-order valence-corrected chi connectivity index (χ1v) is 7.76. The van der Waals surface area contributed by atoms with Crippen molar-refractivity contribution in [3.63, 3.8) is 0 Å². The first kappa shape index (κ1) is 17.3. The Bertz CT molecular complexity index is 554. The molecule has 1 aromatic carbocycles. The molecule has 1 aromatic rings. The van der Waals surface area contributed by atoms with Crippen LogP contribution in [0.25, 0.3) is 0 Å². The topological polar surface area (TPSA) is 57.3 Å². The predicted molar refractivity (Wildman–Crippen MR) is 87.0 cm³/mol. The molecular formula is C12H10Cl5N3O. The average molecular weight is 389 g/mol. The van der Waals surface area contributed by atoms with Crippen molar-refractivity contribution in [1.82, 2.24) is 0 Å².